The molecule has 0 saturated carbocycles. The number of ether oxygens (including phenoxy) is 1. The van der Waals surface area contributed by atoms with E-state index in [1.807, 2.05) is 0 Å². The standard InChI is InChI=1S/C7H14F2O2/c1-6(2,11-3)4-7(8,9)5-10/h10H,4-5H2,1-3H3. The largest absolute Gasteiger partial charge is 0.390 e. The molecule has 0 radical (unpaired) electrons. The fraction of sp³-hybridized carbons (Fsp3) is 1.00. The zero-order valence-electron chi connectivity index (χ0n) is 7.03. The highest BCUT2D eigenvalue weighted by Crippen LogP contribution is 2.27. The Kier molecular flexibility index (Phi) is 3.38. The number of hydrogen-bond acceptors (Lipinski definition) is 2. The van der Waals surface area contributed by atoms with E-state index in [1.165, 1.54) is 7.11 Å². The third kappa shape index (κ3) is 4.27. The molecule has 0 spiro atoms. The van der Waals surface area contributed by atoms with Gasteiger partial charge < -0.3 is 9.84 Å². The van der Waals surface area contributed by atoms with Crippen LogP contribution in [0.15, 0.2) is 0 Å². The first-order chi connectivity index (χ1) is 4.83. The molecule has 0 atom stereocenters. The zero-order chi connectivity index (χ0) is 9.12. The Morgan fingerprint density at radius 3 is 2.09 bits per heavy atom. The third-order valence-corrected chi connectivity index (χ3v) is 1.47. The normalized spacial score (nSPS) is 13.6. The highest BCUT2D eigenvalue weighted by Gasteiger charge is 2.35. The molecule has 0 rings (SSSR count). The minimum atomic E-state index is -3.04. The first-order valence-corrected chi connectivity index (χ1v) is 3.37. The van der Waals surface area contributed by atoms with Crippen molar-refractivity contribution in [1.82, 2.24) is 0 Å². The Hall–Kier alpha value is -0.220. The SMILES string of the molecule is COC(C)(C)CC(F)(F)CO. The topological polar surface area (TPSA) is 29.5 Å². The van der Waals surface area contributed by atoms with Crippen LogP contribution in [0.3, 0.4) is 0 Å². The minimum absolute atomic E-state index is 0.465. The molecule has 2 nitrogen and oxygen atoms in total. The van der Waals surface area contributed by atoms with Gasteiger partial charge in [-0.2, -0.15) is 0 Å². The lowest BCUT2D eigenvalue weighted by atomic mass is 10.0. The second-order valence-corrected chi connectivity index (χ2v) is 3.15. The fourth-order valence-corrected chi connectivity index (χ4v) is 0.751. The van der Waals surface area contributed by atoms with E-state index in [1.54, 1.807) is 13.8 Å². The maximum absolute atomic E-state index is 12.5. The minimum Gasteiger partial charge on any atom is -0.390 e. The molecule has 0 bridgehead atoms. The van der Waals surface area contributed by atoms with Gasteiger partial charge in [0.05, 0.1) is 5.60 Å². The smallest absolute Gasteiger partial charge is 0.273 e. The number of aliphatic hydroxyl groups excluding tert-OH is 1. The van der Waals surface area contributed by atoms with Crippen LogP contribution in [-0.2, 0) is 4.74 Å². The zero-order valence-corrected chi connectivity index (χ0v) is 7.03. The lowest BCUT2D eigenvalue weighted by Gasteiger charge is -2.26. The molecule has 0 aliphatic rings. The summed E-state index contributed by atoms with van der Waals surface area (Å²) in [6.45, 7) is 1.98. The van der Waals surface area contributed by atoms with Gasteiger partial charge in [0, 0.05) is 13.5 Å². The summed E-state index contributed by atoms with van der Waals surface area (Å²) in [4.78, 5) is 0. The average Bonchev–Trinajstić information content (AvgIpc) is 1.86. The molecule has 0 heterocycles. The second-order valence-electron chi connectivity index (χ2n) is 3.15. The van der Waals surface area contributed by atoms with E-state index in [0.29, 0.717) is 0 Å². The molecule has 0 aliphatic carbocycles. The highest BCUT2D eigenvalue weighted by molar-refractivity contribution is 4.77. The van der Waals surface area contributed by atoms with Crippen LogP contribution in [0.4, 0.5) is 8.78 Å². The lowest BCUT2D eigenvalue weighted by Crippen LogP contribution is -2.35. The summed E-state index contributed by atoms with van der Waals surface area (Å²) in [7, 11) is 1.37. The second kappa shape index (κ2) is 3.45. The van der Waals surface area contributed by atoms with Crippen LogP contribution < -0.4 is 0 Å². The van der Waals surface area contributed by atoms with Gasteiger partial charge in [0.2, 0.25) is 0 Å². The predicted molar refractivity (Wildman–Crippen MR) is 37.7 cm³/mol. The number of halogens is 2. The Bertz CT molecular complexity index is 110. The maximum Gasteiger partial charge on any atom is 0.273 e. The number of hydrogen-bond donors (Lipinski definition) is 1. The molecular weight excluding hydrogens is 154 g/mol. The van der Waals surface area contributed by atoms with Gasteiger partial charge in [-0.05, 0) is 13.8 Å². The quantitative estimate of drug-likeness (QED) is 0.688. The van der Waals surface area contributed by atoms with E-state index in [4.69, 9.17) is 9.84 Å². The van der Waals surface area contributed by atoms with E-state index in [0.717, 1.165) is 0 Å². The van der Waals surface area contributed by atoms with Crippen molar-refractivity contribution >= 4 is 0 Å². The number of rotatable bonds is 4. The van der Waals surface area contributed by atoms with Crippen molar-refractivity contribution < 1.29 is 18.6 Å². The Morgan fingerprint density at radius 2 is 1.82 bits per heavy atom. The Labute approximate surface area is 65.2 Å². The van der Waals surface area contributed by atoms with Crippen molar-refractivity contribution in [2.45, 2.75) is 31.8 Å². The van der Waals surface area contributed by atoms with Crippen molar-refractivity contribution in [3.63, 3.8) is 0 Å². The average molecular weight is 168 g/mol. The predicted octanol–water partition coefficient (Wildman–Crippen LogP) is 1.43. The molecule has 0 aliphatic heterocycles. The molecule has 0 fully saturated rings. The van der Waals surface area contributed by atoms with Crippen LogP contribution >= 0.6 is 0 Å². The van der Waals surface area contributed by atoms with Crippen molar-refractivity contribution in [2.75, 3.05) is 13.7 Å². The van der Waals surface area contributed by atoms with Gasteiger partial charge in [-0.1, -0.05) is 0 Å². The first-order valence-electron chi connectivity index (χ1n) is 3.37. The number of alkyl halides is 2. The summed E-state index contributed by atoms with van der Waals surface area (Å²) >= 11 is 0. The van der Waals surface area contributed by atoms with E-state index in [9.17, 15) is 8.78 Å². The van der Waals surface area contributed by atoms with Crippen molar-refractivity contribution in [3.05, 3.63) is 0 Å². The van der Waals surface area contributed by atoms with Crippen molar-refractivity contribution in [1.29, 1.82) is 0 Å². The van der Waals surface area contributed by atoms with Crippen LogP contribution in [0.25, 0.3) is 0 Å². The molecule has 1 N–H and O–H groups in total. The summed E-state index contributed by atoms with van der Waals surface area (Å²) < 4.78 is 29.8. The molecule has 0 amide bonds. The summed E-state index contributed by atoms with van der Waals surface area (Å²) in [6, 6.07) is 0. The first kappa shape index (κ1) is 10.8. The molecule has 0 unspecified atom stereocenters. The van der Waals surface area contributed by atoms with Crippen LogP contribution in [0.2, 0.25) is 0 Å². The fourth-order valence-electron chi connectivity index (χ4n) is 0.751. The van der Waals surface area contributed by atoms with Crippen LogP contribution in [0.1, 0.15) is 20.3 Å². The van der Waals surface area contributed by atoms with Gasteiger partial charge in [-0.15, -0.1) is 0 Å². The molecule has 0 aromatic heterocycles. The molecule has 68 valence electrons. The Balaban J connectivity index is 4.02. The summed E-state index contributed by atoms with van der Waals surface area (Å²) in [5.41, 5.74) is -0.883. The van der Waals surface area contributed by atoms with Gasteiger partial charge in [0.15, 0.2) is 0 Å². The van der Waals surface area contributed by atoms with E-state index >= 15 is 0 Å². The molecule has 4 heteroatoms. The molecule has 0 saturated heterocycles. The van der Waals surface area contributed by atoms with Crippen LogP contribution in [0, 0.1) is 0 Å². The lowest BCUT2D eigenvalue weighted by molar-refractivity contribution is -0.114. The summed E-state index contributed by atoms with van der Waals surface area (Å²) in [5.74, 6) is -3.04. The van der Waals surface area contributed by atoms with E-state index < -0.39 is 24.6 Å². The van der Waals surface area contributed by atoms with Gasteiger partial charge >= 0.3 is 0 Å². The molecule has 0 aromatic carbocycles. The van der Waals surface area contributed by atoms with Gasteiger partial charge in [0.25, 0.3) is 5.92 Å². The van der Waals surface area contributed by atoms with Gasteiger partial charge in [-0.25, -0.2) is 8.78 Å². The van der Waals surface area contributed by atoms with Crippen molar-refractivity contribution in [3.8, 4) is 0 Å². The van der Waals surface area contributed by atoms with Crippen LogP contribution in [0.5, 0.6) is 0 Å². The molecular formula is C7H14F2O2. The summed E-state index contributed by atoms with van der Waals surface area (Å²) in [6.07, 6.45) is -0.465. The molecule has 11 heavy (non-hydrogen) atoms. The molecule has 0 aromatic rings. The maximum atomic E-state index is 12.5. The number of methoxy groups -OCH3 is 1. The van der Waals surface area contributed by atoms with E-state index in [-0.39, 0.29) is 0 Å². The van der Waals surface area contributed by atoms with Crippen LogP contribution in [-0.4, -0.2) is 30.3 Å². The van der Waals surface area contributed by atoms with Gasteiger partial charge in [0.1, 0.15) is 6.61 Å². The number of aliphatic hydroxyl groups is 1. The third-order valence-electron chi connectivity index (χ3n) is 1.47. The van der Waals surface area contributed by atoms with E-state index in [2.05, 4.69) is 0 Å². The Morgan fingerprint density at radius 1 is 1.36 bits per heavy atom. The monoisotopic (exact) mass is 168 g/mol. The summed E-state index contributed by atoms with van der Waals surface area (Å²) in [5, 5.41) is 8.25. The highest BCUT2D eigenvalue weighted by atomic mass is 19.3. The van der Waals surface area contributed by atoms with Gasteiger partial charge in [-0.3, -0.25) is 0 Å². The van der Waals surface area contributed by atoms with Crippen molar-refractivity contribution in [2.24, 2.45) is 0 Å².